The number of nitrogens with zero attached hydrogens (tertiary/aromatic N) is 3. The summed E-state index contributed by atoms with van der Waals surface area (Å²) in [6.07, 6.45) is 0.314. The van der Waals surface area contributed by atoms with Crippen molar-refractivity contribution in [3.8, 4) is 5.75 Å². The molecule has 3 atom stereocenters. The van der Waals surface area contributed by atoms with Gasteiger partial charge in [-0.25, -0.2) is 16.8 Å². The van der Waals surface area contributed by atoms with E-state index in [4.69, 9.17) is 9.26 Å². The fourth-order valence-electron chi connectivity index (χ4n) is 4.07. The van der Waals surface area contributed by atoms with Gasteiger partial charge in [0.05, 0.1) is 31.0 Å². The SMILES string of the molecule is Cc1noc(C)c1S(=O)(=O)N(C)C[C@@H]1Oc2ccc(NS(C)(=O)=O)cc2C(=O)N([C@H](C)CO)C[C@@H]1C. The lowest BCUT2D eigenvalue weighted by Crippen LogP contribution is -2.50. The quantitative estimate of drug-likeness (QED) is 0.498. The van der Waals surface area contributed by atoms with Gasteiger partial charge in [-0.1, -0.05) is 12.1 Å². The summed E-state index contributed by atoms with van der Waals surface area (Å²) in [5, 5.41) is 13.5. The summed E-state index contributed by atoms with van der Waals surface area (Å²) in [6, 6.07) is 3.76. The van der Waals surface area contributed by atoms with Crippen LogP contribution in [0, 0.1) is 19.8 Å². The van der Waals surface area contributed by atoms with Crippen LogP contribution in [0.15, 0.2) is 27.6 Å². The van der Waals surface area contributed by atoms with Crippen molar-refractivity contribution >= 4 is 31.6 Å². The second kappa shape index (κ2) is 10.4. The Kier molecular flexibility index (Phi) is 8.03. The van der Waals surface area contributed by atoms with Crippen molar-refractivity contribution < 1.29 is 36.0 Å². The van der Waals surface area contributed by atoms with Crippen molar-refractivity contribution in [2.75, 3.05) is 37.7 Å². The van der Waals surface area contributed by atoms with E-state index in [0.29, 0.717) is 0 Å². The van der Waals surface area contributed by atoms with E-state index in [1.165, 1.54) is 37.1 Å². The first-order valence-electron chi connectivity index (χ1n) is 11.2. The van der Waals surface area contributed by atoms with E-state index < -0.39 is 38.1 Å². The van der Waals surface area contributed by atoms with Crippen molar-refractivity contribution in [2.45, 2.75) is 44.7 Å². The third-order valence-corrected chi connectivity index (χ3v) is 8.72. The van der Waals surface area contributed by atoms with Crippen molar-refractivity contribution in [1.82, 2.24) is 14.4 Å². The van der Waals surface area contributed by atoms with Crippen LogP contribution in [0.25, 0.3) is 0 Å². The van der Waals surface area contributed by atoms with Crippen LogP contribution in [-0.2, 0) is 20.0 Å². The smallest absolute Gasteiger partial charge is 0.258 e. The molecule has 0 fully saturated rings. The molecule has 0 aliphatic carbocycles. The number of likely N-dealkylation sites (N-methyl/N-ethyl adjacent to an activating group) is 1. The molecule has 2 heterocycles. The highest BCUT2D eigenvalue weighted by Crippen LogP contribution is 2.32. The van der Waals surface area contributed by atoms with Crippen LogP contribution in [0.1, 0.15) is 35.7 Å². The standard InChI is InChI=1S/C22H32N4O8S2/c1-13-10-26(14(2)12-27)22(28)18-9-17(24-35(6,29)30)7-8-19(18)33-20(13)11-25(5)36(31,32)21-15(3)23-34-16(21)4/h7-9,13-14,20,24,27H,10-12H2,1-6H3/t13-,14+,20-/m0/s1. The fraction of sp³-hybridized carbons (Fsp3) is 0.545. The van der Waals surface area contributed by atoms with Gasteiger partial charge >= 0.3 is 0 Å². The maximum atomic E-state index is 13.4. The number of hydrogen-bond acceptors (Lipinski definition) is 9. The number of aliphatic hydroxyl groups excluding tert-OH is 1. The zero-order valence-corrected chi connectivity index (χ0v) is 22.7. The largest absolute Gasteiger partial charge is 0.488 e. The van der Waals surface area contributed by atoms with Crippen LogP contribution in [-0.4, -0.2) is 87.4 Å². The number of carbonyl (C=O) groups is 1. The van der Waals surface area contributed by atoms with Crippen LogP contribution in [0.5, 0.6) is 5.75 Å². The molecule has 0 radical (unpaired) electrons. The van der Waals surface area contributed by atoms with Gasteiger partial charge in [0, 0.05) is 25.2 Å². The van der Waals surface area contributed by atoms with Gasteiger partial charge in [0.25, 0.3) is 5.91 Å². The lowest BCUT2D eigenvalue weighted by Gasteiger charge is -2.38. The van der Waals surface area contributed by atoms with Gasteiger partial charge in [-0.15, -0.1) is 0 Å². The highest BCUT2D eigenvalue weighted by atomic mass is 32.2. The first-order chi connectivity index (χ1) is 16.7. The van der Waals surface area contributed by atoms with Crippen LogP contribution < -0.4 is 9.46 Å². The predicted octanol–water partition coefficient (Wildman–Crippen LogP) is 1.20. The van der Waals surface area contributed by atoms with Crippen molar-refractivity contribution in [2.24, 2.45) is 5.92 Å². The molecule has 0 saturated carbocycles. The molecule has 0 saturated heterocycles. The van der Waals surface area contributed by atoms with Gasteiger partial charge in [-0.3, -0.25) is 9.52 Å². The van der Waals surface area contributed by atoms with Gasteiger partial charge < -0.3 is 19.3 Å². The molecule has 14 heteroatoms. The number of ether oxygens (including phenoxy) is 1. The van der Waals surface area contributed by atoms with Gasteiger partial charge in [0.2, 0.25) is 20.0 Å². The molecule has 0 bridgehead atoms. The molecule has 1 aliphatic heterocycles. The Bertz CT molecular complexity index is 1320. The zero-order valence-electron chi connectivity index (χ0n) is 21.0. The molecule has 1 aromatic heterocycles. The van der Waals surface area contributed by atoms with Crippen LogP contribution in [0.4, 0.5) is 5.69 Å². The molecular weight excluding hydrogens is 512 g/mol. The Balaban J connectivity index is 2.01. The van der Waals surface area contributed by atoms with Crippen molar-refractivity contribution in [3.63, 3.8) is 0 Å². The normalized spacial score (nSPS) is 19.9. The molecule has 1 aliphatic rings. The third kappa shape index (κ3) is 5.82. The second-order valence-corrected chi connectivity index (χ2v) is 12.9. The van der Waals surface area contributed by atoms with E-state index >= 15 is 0 Å². The number of anilines is 1. The molecule has 36 heavy (non-hydrogen) atoms. The highest BCUT2D eigenvalue weighted by Gasteiger charge is 2.36. The summed E-state index contributed by atoms with van der Waals surface area (Å²) in [7, 11) is -6.12. The number of aliphatic hydroxyl groups is 1. The summed E-state index contributed by atoms with van der Waals surface area (Å²) in [5.41, 5.74) is 0.515. The Morgan fingerprint density at radius 3 is 2.50 bits per heavy atom. The highest BCUT2D eigenvalue weighted by molar-refractivity contribution is 7.92. The van der Waals surface area contributed by atoms with E-state index in [2.05, 4.69) is 9.88 Å². The fourth-order valence-corrected chi connectivity index (χ4v) is 6.09. The Morgan fingerprint density at radius 2 is 1.94 bits per heavy atom. The third-order valence-electron chi connectivity index (χ3n) is 6.04. The predicted molar refractivity (Wildman–Crippen MR) is 132 cm³/mol. The lowest BCUT2D eigenvalue weighted by atomic mass is 9.99. The maximum Gasteiger partial charge on any atom is 0.258 e. The van der Waals surface area contributed by atoms with Crippen molar-refractivity contribution in [1.29, 1.82) is 0 Å². The average Bonchev–Trinajstić information content (AvgIpc) is 3.13. The Hall–Kier alpha value is -2.68. The number of aromatic nitrogens is 1. The van der Waals surface area contributed by atoms with E-state index in [1.54, 1.807) is 13.8 Å². The number of nitrogens with one attached hydrogen (secondary N) is 1. The molecule has 3 rings (SSSR count). The van der Waals surface area contributed by atoms with E-state index in [9.17, 15) is 26.7 Å². The number of carbonyl (C=O) groups excluding carboxylic acids is 1. The van der Waals surface area contributed by atoms with Gasteiger partial charge in [0.15, 0.2) is 5.76 Å². The first kappa shape index (κ1) is 27.9. The lowest BCUT2D eigenvalue weighted by molar-refractivity contribution is 0.0387. The number of sulfonamides is 2. The molecule has 2 N–H and O–H groups in total. The topological polar surface area (TPSA) is 159 Å². The molecule has 0 unspecified atom stereocenters. The number of fused-ring (bicyclic) bond motifs is 1. The minimum atomic E-state index is -3.95. The van der Waals surface area contributed by atoms with Crippen LogP contribution >= 0.6 is 0 Å². The Labute approximate surface area is 211 Å². The van der Waals surface area contributed by atoms with E-state index in [0.717, 1.165) is 10.6 Å². The molecule has 12 nitrogen and oxygen atoms in total. The number of rotatable bonds is 8. The van der Waals surface area contributed by atoms with Gasteiger partial charge in [0.1, 0.15) is 22.4 Å². The molecule has 2 aromatic rings. The zero-order chi connectivity index (χ0) is 27.0. The minimum Gasteiger partial charge on any atom is -0.488 e. The second-order valence-electron chi connectivity index (χ2n) is 9.15. The van der Waals surface area contributed by atoms with Crippen molar-refractivity contribution in [3.05, 3.63) is 35.2 Å². The molecule has 1 amide bonds. The number of benzene rings is 1. The van der Waals surface area contributed by atoms with Crippen LogP contribution in [0.3, 0.4) is 0 Å². The number of aryl methyl sites for hydroxylation is 2. The molecule has 1 aromatic carbocycles. The number of amides is 1. The maximum absolute atomic E-state index is 13.4. The summed E-state index contributed by atoms with van der Waals surface area (Å²) < 4.78 is 64.7. The van der Waals surface area contributed by atoms with E-state index in [-0.39, 0.29) is 59.0 Å². The monoisotopic (exact) mass is 544 g/mol. The minimum absolute atomic E-state index is 0.00824. The Morgan fingerprint density at radius 1 is 1.28 bits per heavy atom. The molecule has 200 valence electrons. The first-order valence-corrected chi connectivity index (χ1v) is 14.6. The summed E-state index contributed by atoms with van der Waals surface area (Å²) in [4.78, 5) is 14.9. The van der Waals surface area contributed by atoms with Crippen LogP contribution in [0.2, 0.25) is 0 Å². The average molecular weight is 545 g/mol. The number of hydrogen-bond donors (Lipinski definition) is 2. The molecular formula is C22H32N4O8S2. The van der Waals surface area contributed by atoms with E-state index in [1.807, 2.05) is 6.92 Å². The molecule has 0 spiro atoms. The summed E-state index contributed by atoms with van der Waals surface area (Å²) in [5.74, 6) is -0.414. The van der Waals surface area contributed by atoms with Gasteiger partial charge in [-0.05, 0) is 39.0 Å². The summed E-state index contributed by atoms with van der Waals surface area (Å²) in [6.45, 7) is 6.42. The van der Waals surface area contributed by atoms with Gasteiger partial charge in [-0.2, -0.15) is 4.31 Å². The summed E-state index contributed by atoms with van der Waals surface area (Å²) >= 11 is 0.